The van der Waals surface area contributed by atoms with E-state index in [0.717, 1.165) is 4.68 Å². The number of hydrogen-bond donors (Lipinski definition) is 1. The summed E-state index contributed by atoms with van der Waals surface area (Å²) in [5, 5.41) is 4.03. The molecule has 4 atom stereocenters. The number of aromatic nitrogens is 3. The Hall–Kier alpha value is -5.36. The van der Waals surface area contributed by atoms with E-state index < -0.39 is 60.3 Å². The summed E-state index contributed by atoms with van der Waals surface area (Å²) in [5.74, 6) is -2.25. The molecule has 2 heterocycles. The molecule has 4 unspecified atom stereocenters. The van der Waals surface area contributed by atoms with Gasteiger partial charge < -0.3 is 18.9 Å². The van der Waals surface area contributed by atoms with Gasteiger partial charge in [-0.1, -0.05) is 54.6 Å². The van der Waals surface area contributed by atoms with E-state index in [2.05, 4.69) is 10.1 Å². The predicted molar refractivity (Wildman–Crippen MR) is 146 cm³/mol. The van der Waals surface area contributed by atoms with Gasteiger partial charge in [0.25, 0.3) is 5.56 Å². The van der Waals surface area contributed by atoms with E-state index in [9.17, 15) is 24.0 Å². The first kappa shape index (κ1) is 28.2. The van der Waals surface area contributed by atoms with E-state index in [1.165, 1.54) is 31.2 Å². The highest BCUT2D eigenvalue weighted by atomic mass is 16.7. The lowest BCUT2D eigenvalue weighted by Gasteiger charge is -2.24. The van der Waals surface area contributed by atoms with E-state index in [4.69, 9.17) is 18.9 Å². The first-order chi connectivity index (χ1) is 20.3. The molecule has 1 aliphatic rings. The van der Waals surface area contributed by atoms with Crippen LogP contribution in [0.2, 0.25) is 0 Å². The molecular weight excluding hydrogens is 546 g/mol. The first-order valence-electron chi connectivity index (χ1n) is 12.9. The lowest BCUT2D eigenvalue weighted by atomic mass is 10.1. The van der Waals surface area contributed by atoms with Crippen molar-refractivity contribution in [1.29, 1.82) is 0 Å². The number of ether oxygens (including phenoxy) is 4. The highest BCUT2D eigenvalue weighted by Crippen LogP contribution is 2.34. The minimum absolute atomic E-state index is 0.0666. The number of esters is 3. The van der Waals surface area contributed by atoms with Crippen LogP contribution < -0.4 is 11.2 Å². The summed E-state index contributed by atoms with van der Waals surface area (Å²) in [6, 6.07) is 24.3. The lowest BCUT2D eigenvalue weighted by Crippen LogP contribution is -2.44. The van der Waals surface area contributed by atoms with Gasteiger partial charge in [-0.25, -0.2) is 19.2 Å². The Morgan fingerprint density at radius 1 is 0.762 bits per heavy atom. The van der Waals surface area contributed by atoms with Gasteiger partial charge in [-0.15, -0.1) is 0 Å². The number of carbonyl (C=O) groups is 3. The first-order valence-corrected chi connectivity index (χ1v) is 12.9. The van der Waals surface area contributed by atoms with Crippen molar-refractivity contribution in [2.24, 2.45) is 0 Å². The lowest BCUT2D eigenvalue weighted by molar-refractivity contribution is -0.0701. The van der Waals surface area contributed by atoms with Crippen molar-refractivity contribution in [3.8, 4) is 0 Å². The monoisotopic (exact) mass is 571 g/mol. The minimum Gasteiger partial charge on any atom is -0.459 e. The van der Waals surface area contributed by atoms with Crippen LogP contribution in [0.25, 0.3) is 0 Å². The van der Waals surface area contributed by atoms with Crippen molar-refractivity contribution >= 4 is 17.9 Å². The summed E-state index contributed by atoms with van der Waals surface area (Å²) >= 11 is 0. The maximum Gasteiger partial charge on any atom is 0.347 e. The summed E-state index contributed by atoms with van der Waals surface area (Å²) in [5.41, 5.74) is -1.08. The van der Waals surface area contributed by atoms with Gasteiger partial charge in [0.2, 0.25) is 0 Å². The molecule has 1 aromatic heterocycles. The van der Waals surface area contributed by atoms with Gasteiger partial charge >= 0.3 is 23.6 Å². The third-order valence-electron chi connectivity index (χ3n) is 6.43. The van der Waals surface area contributed by atoms with Gasteiger partial charge in [0, 0.05) is 0 Å². The predicted octanol–water partition coefficient (Wildman–Crippen LogP) is 2.45. The number of H-pyrrole nitrogens is 1. The highest BCUT2D eigenvalue weighted by molar-refractivity contribution is 5.91. The molecule has 0 radical (unpaired) electrons. The van der Waals surface area contributed by atoms with Crippen LogP contribution in [0.4, 0.5) is 0 Å². The Morgan fingerprint density at radius 2 is 1.24 bits per heavy atom. The second kappa shape index (κ2) is 12.4. The van der Waals surface area contributed by atoms with Crippen molar-refractivity contribution in [2.45, 2.75) is 31.5 Å². The molecule has 4 aromatic rings. The second-order valence-electron chi connectivity index (χ2n) is 9.29. The Kier molecular flexibility index (Phi) is 8.34. The average molecular weight is 572 g/mol. The van der Waals surface area contributed by atoms with Crippen molar-refractivity contribution < 1.29 is 33.3 Å². The Balaban J connectivity index is 1.52. The minimum atomic E-state index is -1.46. The Labute approximate surface area is 238 Å². The third kappa shape index (κ3) is 6.18. The van der Waals surface area contributed by atoms with Gasteiger partial charge in [0.15, 0.2) is 18.4 Å². The number of nitrogens with one attached hydrogen (secondary N) is 1. The number of benzene rings is 3. The van der Waals surface area contributed by atoms with Gasteiger partial charge in [-0.05, 0) is 43.3 Å². The normalized spacial score (nSPS) is 19.5. The molecule has 12 heteroatoms. The Bertz CT molecular complexity index is 1690. The zero-order chi connectivity index (χ0) is 29.6. The quantitative estimate of drug-likeness (QED) is 0.246. The number of aromatic amines is 1. The molecule has 3 aromatic carbocycles. The number of carbonyl (C=O) groups excluding carboxylic acids is 3. The summed E-state index contributed by atoms with van der Waals surface area (Å²) in [4.78, 5) is 66.0. The van der Waals surface area contributed by atoms with Crippen molar-refractivity contribution in [3.05, 3.63) is 134 Å². The Morgan fingerprint density at radius 3 is 1.76 bits per heavy atom. The molecule has 0 saturated carbocycles. The summed E-state index contributed by atoms with van der Waals surface area (Å²) in [6.45, 7) is 0.939. The van der Waals surface area contributed by atoms with E-state index in [-0.39, 0.29) is 22.4 Å². The van der Waals surface area contributed by atoms with Crippen LogP contribution in [-0.4, -0.2) is 57.6 Å². The number of aryl methyl sites for hydroxylation is 1. The van der Waals surface area contributed by atoms with Gasteiger partial charge in [-0.2, -0.15) is 9.78 Å². The van der Waals surface area contributed by atoms with Crippen LogP contribution in [0, 0.1) is 6.92 Å². The fraction of sp³-hybridized carbons (Fsp3) is 0.200. The molecule has 0 amide bonds. The fourth-order valence-corrected chi connectivity index (χ4v) is 4.32. The second-order valence-corrected chi connectivity index (χ2v) is 9.29. The zero-order valence-corrected chi connectivity index (χ0v) is 22.2. The van der Waals surface area contributed by atoms with Gasteiger partial charge in [0.1, 0.15) is 18.4 Å². The standard InChI is InChI=1S/C30H25N3O9/c1-18-25(34)31-30(38)33(32-18)26-24(42-29(37)21-15-9-4-10-16-21)23(41-28(36)20-13-7-3-8-14-20)22(40-26)17-39-27(35)19-11-5-2-6-12-19/h2-16,22-24,26H,17H2,1H3,(H,31,34,38). The van der Waals surface area contributed by atoms with Crippen LogP contribution in [0.15, 0.2) is 101 Å². The number of rotatable bonds is 8. The molecule has 5 rings (SSSR count). The van der Waals surface area contributed by atoms with Crippen LogP contribution in [0.3, 0.4) is 0 Å². The smallest absolute Gasteiger partial charge is 0.347 e. The molecule has 1 saturated heterocycles. The van der Waals surface area contributed by atoms with Crippen molar-refractivity contribution in [2.75, 3.05) is 6.61 Å². The molecule has 1 aliphatic heterocycles. The maximum absolute atomic E-state index is 13.2. The molecule has 12 nitrogen and oxygen atoms in total. The molecule has 0 spiro atoms. The molecule has 0 bridgehead atoms. The van der Waals surface area contributed by atoms with Crippen molar-refractivity contribution in [1.82, 2.24) is 14.8 Å². The van der Waals surface area contributed by atoms with E-state index in [1.54, 1.807) is 66.7 Å². The van der Waals surface area contributed by atoms with Crippen LogP contribution in [-0.2, 0) is 18.9 Å². The maximum atomic E-state index is 13.2. The van der Waals surface area contributed by atoms with E-state index >= 15 is 0 Å². The molecular formula is C30H25N3O9. The topological polar surface area (TPSA) is 156 Å². The number of nitrogens with zero attached hydrogens (tertiary/aromatic N) is 2. The SMILES string of the molecule is Cc1nn(C2OC(COC(=O)c3ccccc3)C(OC(=O)c3ccccc3)C2OC(=O)c2ccccc2)c(=O)[nH]c1=O. The van der Waals surface area contributed by atoms with E-state index in [0.29, 0.717) is 0 Å². The van der Waals surface area contributed by atoms with Crippen LogP contribution >= 0.6 is 0 Å². The highest BCUT2D eigenvalue weighted by Gasteiger charge is 2.52. The largest absolute Gasteiger partial charge is 0.459 e. The fourth-order valence-electron chi connectivity index (χ4n) is 4.32. The van der Waals surface area contributed by atoms with Gasteiger partial charge in [-0.3, -0.25) is 9.78 Å². The number of hydrogen-bond acceptors (Lipinski definition) is 10. The van der Waals surface area contributed by atoms with Crippen LogP contribution in [0.5, 0.6) is 0 Å². The molecule has 0 aliphatic carbocycles. The third-order valence-corrected chi connectivity index (χ3v) is 6.43. The van der Waals surface area contributed by atoms with Gasteiger partial charge in [0.05, 0.1) is 16.7 Å². The molecule has 1 fully saturated rings. The average Bonchev–Trinajstić information content (AvgIpc) is 3.34. The molecule has 214 valence electrons. The molecule has 1 N–H and O–H groups in total. The van der Waals surface area contributed by atoms with E-state index in [1.807, 2.05) is 0 Å². The summed E-state index contributed by atoms with van der Waals surface area (Å²) in [6.07, 6.45) is -5.47. The zero-order valence-electron chi connectivity index (χ0n) is 22.2. The van der Waals surface area contributed by atoms with Crippen molar-refractivity contribution in [3.63, 3.8) is 0 Å². The molecule has 42 heavy (non-hydrogen) atoms. The summed E-state index contributed by atoms with van der Waals surface area (Å²) < 4.78 is 23.9. The summed E-state index contributed by atoms with van der Waals surface area (Å²) in [7, 11) is 0. The van der Waals surface area contributed by atoms with Crippen LogP contribution in [0.1, 0.15) is 43.0 Å².